The third kappa shape index (κ3) is 6.65. The molecule has 0 saturated heterocycles. The monoisotopic (exact) mass is 449 g/mol. The molecule has 2 atom stereocenters. The van der Waals surface area contributed by atoms with Crippen molar-refractivity contribution < 1.29 is 9.53 Å². The van der Waals surface area contributed by atoms with Gasteiger partial charge in [-0.25, -0.2) is 0 Å². The zero-order valence-corrected chi connectivity index (χ0v) is 21.1. The van der Waals surface area contributed by atoms with Crippen molar-refractivity contribution in [2.45, 2.75) is 83.5 Å². The second-order valence-corrected chi connectivity index (χ2v) is 13.7. The summed E-state index contributed by atoms with van der Waals surface area (Å²) < 4.78 is 7.10. The van der Waals surface area contributed by atoms with E-state index in [2.05, 4.69) is 94.4 Å². The summed E-state index contributed by atoms with van der Waals surface area (Å²) in [5.74, 6) is 0. The van der Waals surface area contributed by atoms with Crippen LogP contribution >= 0.6 is 0 Å². The van der Waals surface area contributed by atoms with Crippen molar-refractivity contribution in [2.24, 2.45) is 0 Å². The lowest BCUT2D eigenvalue weighted by Crippen LogP contribution is -2.68. The van der Waals surface area contributed by atoms with Crippen LogP contribution in [-0.4, -0.2) is 25.6 Å². The molecule has 2 rings (SSSR count). The molecule has 0 aliphatic heterocycles. The summed E-state index contributed by atoms with van der Waals surface area (Å²) in [7, 11) is -2.79. The molecular formula is C28H39NO2Si. The lowest BCUT2D eigenvalue weighted by Gasteiger charge is -2.45. The van der Waals surface area contributed by atoms with Crippen LogP contribution in [0.5, 0.6) is 0 Å². The first-order chi connectivity index (χ1) is 15.4. The highest BCUT2D eigenvalue weighted by molar-refractivity contribution is 6.99. The zero-order valence-electron chi connectivity index (χ0n) is 20.1. The molecule has 4 heteroatoms. The van der Waals surface area contributed by atoms with Crippen molar-refractivity contribution in [1.82, 2.24) is 0 Å². The summed E-state index contributed by atoms with van der Waals surface area (Å²) in [6, 6.07) is 23.0. The lowest BCUT2D eigenvalue weighted by atomic mass is 10.1. The number of aliphatic hydroxyl groups is 1. The number of rotatable bonds is 12. The van der Waals surface area contributed by atoms with E-state index in [1.807, 2.05) is 12.1 Å². The minimum Gasteiger partial charge on any atom is -0.401 e. The number of allylic oxidation sites excluding steroid dienone is 1. The van der Waals surface area contributed by atoms with Gasteiger partial charge in [0.15, 0.2) is 0 Å². The first kappa shape index (κ1) is 26.1. The summed E-state index contributed by atoms with van der Waals surface area (Å²) in [4.78, 5) is 0. The van der Waals surface area contributed by atoms with E-state index < -0.39 is 20.5 Å². The fourth-order valence-corrected chi connectivity index (χ4v) is 9.01. The van der Waals surface area contributed by atoms with E-state index >= 15 is 0 Å². The van der Waals surface area contributed by atoms with E-state index in [4.69, 9.17) is 4.43 Å². The molecule has 0 heterocycles. The van der Waals surface area contributed by atoms with E-state index in [9.17, 15) is 10.4 Å². The molecule has 2 aromatic carbocycles. The number of nitriles is 1. The highest BCUT2D eigenvalue weighted by atomic mass is 28.4. The van der Waals surface area contributed by atoms with E-state index in [1.165, 1.54) is 29.6 Å². The molecule has 0 unspecified atom stereocenters. The van der Waals surface area contributed by atoms with Crippen molar-refractivity contribution >= 4 is 18.7 Å². The maximum atomic E-state index is 10.9. The second-order valence-electron chi connectivity index (χ2n) is 9.45. The third-order valence-electron chi connectivity index (χ3n) is 5.98. The van der Waals surface area contributed by atoms with E-state index in [0.717, 1.165) is 6.42 Å². The Kier molecular flexibility index (Phi) is 10.4. The van der Waals surface area contributed by atoms with Crippen LogP contribution in [0.3, 0.4) is 0 Å². The molecule has 3 nitrogen and oxygen atoms in total. The Morgan fingerprint density at radius 2 is 1.53 bits per heavy atom. The molecule has 0 aromatic heterocycles. The third-order valence-corrected chi connectivity index (χ3v) is 11.0. The maximum Gasteiger partial charge on any atom is 0.261 e. The van der Waals surface area contributed by atoms with E-state index in [1.54, 1.807) is 0 Å². The highest BCUT2D eigenvalue weighted by Gasteiger charge is 2.51. The molecule has 0 fully saturated rings. The molecule has 1 N–H and O–H groups in total. The quantitative estimate of drug-likeness (QED) is 0.256. The normalized spacial score (nSPS) is 14.2. The van der Waals surface area contributed by atoms with Gasteiger partial charge in [-0.2, -0.15) is 5.26 Å². The Bertz CT molecular complexity index is 813. The average Bonchev–Trinajstić information content (AvgIpc) is 2.78. The average molecular weight is 450 g/mol. The van der Waals surface area contributed by atoms with Crippen LogP contribution in [0.25, 0.3) is 0 Å². The molecule has 172 valence electrons. The van der Waals surface area contributed by atoms with Crippen molar-refractivity contribution in [3.63, 3.8) is 0 Å². The van der Waals surface area contributed by atoms with Crippen molar-refractivity contribution in [3.8, 4) is 6.07 Å². The summed E-state index contributed by atoms with van der Waals surface area (Å²) in [6.45, 7) is 8.89. The first-order valence-electron chi connectivity index (χ1n) is 11.9. The number of hydrogen-bond acceptors (Lipinski definition) is 3. The molecule has 0 amide bonds. The van der Waals surface area contributed by atoms with Crippen LogP contribution in [-0.2, 0) is 4.43 Å². The van der Waals surface area contributed by atoms with Gasteiger partial charge in [-0.3, -0.25) is 0 Å². The predicted molar refractivity (Wildman–Crippen MR) is 137 cm³/mol. The Hall–Kier alpha value is -2.19. The molecule has 0 aliphatic carbocycles. The molecule has 2 aromatic rings. The Labute approximate surface area is 195 Å². The summed E-state index contributed by atoms with van der Waals surface area (Å²) in [6.07, 6.45) is 8.34. The Morgan fingerprint density at radius 3 is 2.00 bits per heavy atom. The van der Waals surface area contributed by atoms with Gasteiger partial charge in [0.25, 0.3) is 8.32 Å². The molecular weight excluding hydrogens is 410 g/mol. The standard InChI is InChI=1S/C28H39NO2Si/c1-5-6-7-8-9-16-21-27(26(30)22-23-29)31-32(28(2,3)4,24-17-12-10-13-18-24)25-19-14-11-15-20-25/h9-20,26-27,30H,5-8,21-22H2,1-4H3/b16-9-/t26-,27+/m1/s1. The van der Waals surface area contributed by atoms with Gasteiger partial charge in [-0.15, -0.1) is 0 Å². The van der Waals surface area contributed by atoms with Crippen molar-refractivity contribution in [2.75, 3.05) is 0 Å². The van der Waals surface area contributed by atoms with Gasteiger partial charge in [0.05, 0.1) is 24.7 Å². The summed E-state index contributed by atoms with van der Waals surface area (Å²) in [5, 5.41) is 22.4. The fourth-order valence-electron chi connectivity index (χ4n) is 4.29. The topological polar surface area (TPSA) is 53.2 Å². The van der Waals surface area contributed by atoms with Crippen LogP contribution in [0.15, 0.2) is 72.8 Å². The molecule has 0 saturated carbocycles. The highest BCUT2D eigenvalue weighted by Crippen LogP contribution is 2.38. The summed E-state index contributed by atoms with van der Waals surface area (Å²) in [5.41, 5.74) is 0. The largest absolute Gasteiger partial charge is 0.401 e. The van der Waals surface area contributed by atoms with Gasteiger partial charge in [-0.05, 0) is 34.7 Å². The van der Waals surface area contributed by atoms with Gasteiger partial charge in [0.1, 0.15) is 0 Å². The Morgan fingerprint density at radius 1 is 0.969 bits per heavy atom. The van der Waals surface area contributed by atoms with Gasteiger partial charge in [0.2, 0.25) is 0 Å². The minimum atomic E-state index is -2.79. The fraction of sp³-hybridized carbons (Fsp3) is 0.464. The number of nitrogens with zero attached hydrogens (tertiary/aromatic N) is 1. The molecule has 0 bridgehead atoms. The first-order valence-corrected chi connectivity index (χ1v) is 13.8. The molecule has 0 spiro atoms. The number of benzene rings is 2. The van der Waals surface area contributed by atoms with Crippen LogP contribution in [0.2, 0.25) is 5.04 Å². The number of unbranched alkanes of at least 4 members (excludes halogenated alkanes) is 3. The number of aliphatic hydroxyl groups excluding tert-OH is 1. The molecule has 0 aliphatic rings. The van der Waals surface area contributed by atoms with Crippen LogP contribution in [0.1, 0.15) is 66.2 Å². The number of hydrogen-bond donors (Lipinski definition) is 1. The van der Waals surface area contributed by atoms with Gasteiger partial charge in [0, 0.05) is 0 Å². The van der Waals surface area contributed by atoms with Gasteiger partial charge >= 0.3 is 0 Å². The zero-order chi connectivity index (χ0) is 23.5. The lowest BCUT2D eigenvalue weighted by molar-refractivity contribution is 0.0350. The van der Waals surface area contributed by atoms with E-state index in [-0.39, 0.29) is 11.5 Å². The molecule has 0 radical (unpaired) electrons. The maximum absolute atomic E-state index is 10.9. The van der Waals surface area contributed by atoms with Gasteiger partial charge in [-0.1, -0.05) is 113 Å². The van der Waals surface area contributed by atoms with Gasteiger partial charge < -0.3 is 9.53 Å². The SMILES string of the molecule is CCCCC/C=C\C[C@H](O[Si](c1ccccc1)(c1ccccc1)C(C)(C)C)[C@H](O)CC#N. The van der Waals surface area contributed by atoms with Crippen LogP contribution in [0, 0.1) is 11.3 Å². The van der Waals surface area contributed by atoms with E-state index in [0.29, 0.717) is 6.42 Å². The second kappa shape index (κ2) is 12.7. The smallest absolute Gasteiger partial charge is 0.261 e. The Balaban J connectivity index is 2.49. The minimum absolute atomic E-state index is 0.0620. The van der Waals surface area contributed by atoms with Crippen LogP contribution < -0.4 is 10.4 Å². The predicted octanol–water partition coefficient (Wildman–Crippen LogP) is 5.73. The summed E-state index contributed by atoms with van der Waals surface area (Å²) >= 11 is 0. The van der Waals surface area contributed by atoms with Crippen molar-refractivity contribution in [3.05, 3.63) is 72.8 Å². The van der Waals surface area contributed by atoms with Crippen LogP contribution in [0.4, 0.5) is 0 Å². The molecule has 32 heavy (non-hydrogen) atoms. The van der Waals surface area contributed by atoms with Crippen molar-refractivity contribution in [1.29, 1.82) is 5.26 Å².